The molecule has 1 amide bonds. The molecule has 0 aliphatic carbocycles. The van der Waals surface area contributed by atoms with Gasteiger partial charge in [-0.05, 0) is 37.3 Å². The number of rotatable bonds is 8. The highest BCUT2D eigenvalue weighted by molar-refractivity contribution is 7.99. The average molecular weight is 414 g/mol. The Morgan fingerprint density at radius 1 is 1.24 bits per heavy atom. The Hall–Kier alpha value is -3.14. The first kappa shape index (κ1) is 20.6. The van der Waals surface area contributed by atoms with E-state index in [1.165, 1.54) is 22.5 Å². The minimum atomic E-state index is -0.736. The summed E-state index contributed by atoms with van der Waals surface area (Å²) >= 11 is 1.49. The highest BCUT2D eigenvalue weighted by Gasteiger charge is 2.18. The first-order valence-electron chi connectivity index (χ1n) is 8.98. The van der Waals surface area contributed by atoms with Crippen LogP contribution in [0.25, 0.3) is 11.3 Å². The van der Waals surface area contributed by atoms with Gasteiger partial charge in [-0.25, -0.2) is 4.68 Å². The van der Waals surface area contributed by atoms with Crippen molar-refractivity contribution in [1.29, 1.82) is 0 Å². The van der Waals surface area contributed by atoms with Crippen LogP contribution in [0.2, 0.25) is 0 Å². The zero-order valence-corrected chi connectivity index (χ0v) is 17.2. The standard InChI is InChI=1S/C19H22N6O3S/c1-13(18(27)20-10-11-29-19-22-21-12-24(19)2)25-17(26)9-8-16(23-25)14-4-6-15(28-3)7-5-14/h4-9,12-13H,10-11H2,1-3H3,(H,20,27). The molecule has 0 spiro atoms. The Morgan fingerprint density at radius 2 is 2.00 bits per heavy atom. The largest absolute Gasteiger partial charge is 0.497 e. The second-order valence-electron chi connectivity index (χ2n) is 6.27. The number of ether oxygens (including phenoxy) is 1. The number of aromatic nitrogens is 5. The molecule has 0 bridgehead atoms. The first-order chi connectivity index (χ1) is 14.0. The van der Waals surface area contributed by atoms with E-state index in [2.05, 4.69) is 20.6 Å². The second-order valence-corrected chi connectivity index (χ2v) is 7.33. The van der Waals surface area contributed by atoms with Crippen molar-refractivity contribution in [1.82, 2.24) is 29.9 Å². The van der Waals surface area contributed by atoms with Gasteiger partial charge in [-0.3, -0.25) is 9.59 Å². The molecule has 1 N–H and O–H groups in total. The van der Waals surface area contributed by atoms with Crippen molar-refractivity contribution in [3.63, 3.8) is 0 Å². The van der Waals surface area contributed by atoms with Gasteiger partial charge in [0.05, 0.1) is 12.8 Å². The van der Waals surface area contributed by atoms with Crippen LogP contribution in [-0.4, -0.2) is 49.9 Å². The zero-order chi connectivity index (χ0) is 20.8. The molecule has 2 heterocycles. The maximum Gasteiger partial charge on any atom is 0.267 e. The maximum atomic E-state index is 12.5. The molecular formula is C19H22N6O3S. The summed E-state index contributed by atoms with van der Waals surface area (Å²) in [6.45, 7) is 2.09. The van der Waals surface area contributed by atoms with Crippen molar-refractivity contribution in [2.75, 3.05) is 19.4 Å². The monoisotopic (exact) mass is 414 g/mol. The van der Waals surface area contributed by atoms with Gasteiger partial charge in [0.25, 0.3) is 5.56 Å². The van der Waals surface area contributed by atoms with Crippen LogP contribution in [0, 0.1) is 0 Å². The summed E-state index contributed by atoms with van der Waals surface area (Å²) in [7, 11) is 3.45. The van der Waals surface area contributed by atoms with Gasteiger partial charge >= 0.3 is 0 Å². The number of amides is 1. The third-order valence-electron chi connectivity index (χ3n) is 4.26. The predicted octanol–water partition coefficient (Wildman–Crippen LogP) is 1.52. The van der Waals surface area contributed by atoms with Gasteiger partial charge in [-0.2, -0.15) is 5.10 Å². The number of hydrogen-bond donors (Lipinski definition) is 1. The van der Waals surface area contributed by atoms with Crippen molar-refractivity contribution in [3.8, 4) is 17.0 Å². The van der Waals surface area contributed by atoms with E-state index in [0.29, 0.717) is 18.0 Å². The highest BCUT2D eigenvalue weighted by atomic mass is 32.2. The van der Waals surface area contributed by atoms with Crippen molar-refractivity contribution in [3.05, 3.63) is 53.1 Å². The lowest BCUT2D eigenvalue weighted by Gasteiger charge is -2.15. The molecule has 2 aromatic heterocycles. The van der Waals surface area contributed by atoms with Crippen molar-refractivity contribution < 1.29 is 9.53 Å². The van der Waals surface area contributed by atoms with E-state index in [1.54, 1.807) is 26.4 Å². The summed E-state index contributed by atoms with van der Waals surface area (Å²) in [5.41, 5.74) is 1.09. The summed E-state index contributed by atoms with van der Waals surface area (Å²) in [5.74, 6) is 1.10. The lowest BCUT2D eigenvalue weighted by Crippen LogP contribution is -2.37. The molecule has 0 saturated heterocycles. The van der Waals surface area contributed by atoms with Gasteiger partial charge in [0.15, 0.2) is 5.16 Å². The van der Waals surface area contributed by atoms with Crippen LogP contribution >= 0.6 is 11.8 Å². The van der Waals surface area contributed by atoms with E-state index < -0.39 is 6.04 Å². The fraction of sp³-hybridized carbons (Fsp3) is 0.316. The Labute approximate surface area is 172 Å². The van der Waals surface area contributed by atoms with Crippen LogP contribution < -0.4 is 15.6 Å². The van der Waals surface area contributed by atoms with E-state index in [4.69, 9.17) is 4.74 Å². The third kappa shape index (κ3) is 5.02. The van der Waals surface area contributed by atoms with E-state index in [9.17, 15) is 9.59 Å². The molecule has 29 heavy (non-hydrogen) atoms. The second kappa shape index (κ2) is 9.37. The lowest BCUT2D eigenvalue weighted by atomic mass is 10.1. The smallest absolute Gasteiger partial charge is 0.267 e. The summed E-state index contributed by atoms with van der Waals surface area (Å²) < 4.78 is 8.16. The van der Waals surface area contributed by atoms with Crippen molar-refractivity contribution >= 4 is 17.7 Å². The molecule has 9 nitrogen and oxygen atoms in total. The molecule has 3 aromatic rings. The minimum Gasteiger partial charge on any atom is -0.497 e. The normalized spacial score (nSPS) is 11.8. The minimum absolute atomic E-state index is 0.273. The maximum absolute atomic E-state index is 12.5. The number of hydrogen-bond acceptors (Lipinski definition) is 7. The van der Waals surface area contributed by atoms with Crippen LogP contribution in [0.15, 0.2) is 52.7 Å². The molecule has 152 valence electrons. The molecule has 0 aliphatic heterocycles. The summed E-state index contributed by atoms with van der Waals surface area (Å²) in [6, 6.07) is 9.66. The third-order valence-corrected chi connectivity index (χ3v) is 5.30. The number of nitrogens with one attached hydrogen (secondary N) is 1. The summed E-state index contributed by atoms with van der Waals surface area (Å²) in [6.07, 6.45) is 1.62. The average Bonchev–Trinajstić information content (AvgIpc) is 3.15. The predicted molar refractivity (Wildman–Crippen MR) is 110 cm³/mol. The van der Waals surface area contributed by atoms with E-state index in [0.717, 1.165) is 16.5 Å². The molecule has 1 atom stereocenters. The zero-order valence-electron chi connectivity index (χ0n) is 16.4. The fourth-order valence-corrected chi connectivity index (χ4v) is 3.34. The van der Waals surface area contributed by atoms with Crippen LogP contribution in [-0.2, 0) is 11.8 Å². The van der Waals surface area contributed by atoms with Gasteiger partial charge in [0.1, 0.15) is 18.1 Å². The quantitative estimate of drug-likeness (QED) is 0.440. The molecule has 1 unspecified atom stereocenters. The number of carbonyl (C=O) groups is 1. The van der Waals surface area contributed by atoms with Gasteiger partial charge in [-0.1, -0.05) is 11.8 Å². The van der Waals surface area contributed by atoms with E-state index >= 15 is 0 Å². The fourth-order valence-electron chi connectivity index (χ4n) is 2.60. The Bertz CT molecular complexity index is 1030. The molecule has 3 rings (SSSR count). The highest BCUT2D eigenvalue weighted by Crippen LogP contribution is 2.20. The van der Waals surface area contributed by atoms with Gasteiger partial charge in [0.2, 0.25) is 5.91 Å². The first-order valence-corrected chi connectivity index (χ1v) is 9.97. The van der Waals surface area contributed by atoms with E-state index in [-0.39, 0.29) is 11.5 Å². The molecule has 1 aromatic carbocycles. The summed E-state index contributed by atoms with van der Waals surface area (Å²) in [4.78, 5) is 24.7. The van der Waals surface area contributed by atoms with Crippen LogP contribution in [0.5, 0.6) is 5.75 Å². The Balaban J connectivity index is 1.64. The number of carbonyl (C=O) groups excluding carboxylic acids is 1. The lowest BCUT2D eigenvalue weighted by molar-refractivity contribution is -0.124. The number of thioether (sulfide) groups is 1. The molecule has 10 heteroatoms. The number of methoxy groups -OCH3 is 1. The SMILES string of the molecule is COc1ccc(-c2ccc(=O)n(C(C)C(=O)NCCSc3nncn3C)n2)cc1. The van der Waals surface area contributed by atoms with Crippen LogP contribution in [0.3, 0.4) is 0 Å². The van der Waals surface area contributed by atoms with Gasteiger partial charge < -0.3 is 14.6 Å². The van der Waals surface area contributed by atoms with Crippen molar-refractivity contribution in [2.45, 2.75) is 18.1 Å². The molecular weight excluding hydrogens is 392 g/mol. The number of nitrogens with zero attached hydrogens (tertiary/aromatic N) is 5. The van der Waals surface area contributed by atoms with Crippen LogP contribution in [0.4, 0.5) is 0 Å². The van der Waals surface area contributed by atoms with Crippen molar-refractivity contribution in [2.24, 2.45) is 7.05 Å². The summed E-state index contributed by atoms with van der Waals surface area (Å²) in [5, 5.41) is 15.8. The van der Waals surface area contributed by atoms with Gasteiger partial charge in [-0.15, -0.1) is 10.2 Å². The Morgan fingerprint density at radius 3 is 2.66 bits per heavy atom. The topological polar surface area (TPSA) is 104 Å². The number of benzene rings is 1. The molecule has 0 fully saturated rings. The molecule has 0 aliphatic rings. The molecule has 0 radical (unpaired) electrons. The van der Waals surface area contributed by atoms with E-state index in [1.807, 2.05) is 35.9 Å². The van der Waals surface area contributed by atoms with Gasteiger partial charge in [0, 0.05) is 31.0 Å². The van der Waals surface area contributed by atoms with Crippen LogP contribution in [0.1, 0.15) is 13.0 Å². The molecule has 0 saturated carbocycles. The number of aryl methyl sites for hydroxylation is 1. The Kier molecular flexibility index (Phi) is 6.65.